The van der Waals surface area contributed by atoms with E-state index in [-0.39, 0.29) is 17.9 Å². The van der Waals surface area contributed by atoms with Gasteiger partial charge in [0.1, 0.15) is 17.9 Å². The number of cyclic esters (lactones) is 1. The number of hydrogen-bond donors (Lipinski definition) is 2. The molecule has 0 atom stereocenters. The highest BCUT2D eigenvalue weighted by molar-refractivity contribution is 6.24. The second-order valence-corrected chi connectivity index (χ2v) is 5.69. The molecular formula is C19H15NO3. The van der Waals surface area contributed by atoms with Gasteiger partial charge in [-0.2, -0.15) is 0 Å². The fraction of sp³-hybridized carbons (Fsp3) is 0.105. The molecule has 1 aliphatic heterocycles. The number of esters is 1. The van der Waals surface area contributed by atoms with Crippen molar-refractivity contribution in [2.24, 2.45) is 0 Å². The molecule has 1 aliphatic rings. The van der Waals surface area contributed by atoms with E-state index < -0.39 is 5.97 Å². The quantitative estimate of drug-likeness (QED) is 0.704. The lowest BCUT2D eigenvalue weighted by atomic mass is 9.97. The van der Waals surface area contributed by atoms with Crippen LogP contribution < -0.4 is 0 Å². The molecule has 23 heavy (non-hydrogen) atoms. The van der Waals surface area contributed by atoms with Crippen LogP contribution in [0, 0.1) is 6.92 Å². The van der Waals surface area contributed by atoms with E-state index in [1.807, 2.05) is 55.5 Å². The van der Waals surface area contributed by atoms with E-state index in [4.69, 9.17) is 4.74 Å². The van der Waals surface area contributed by atoms with Crippen molar-refractivity contribution < 1.29 is 14.6 Å². The number of benzene rings is 2. The van der Waals surface area contributed by atoms with Crippen LogP contribution in [0.5, 0.6) is 0 Å². The summed E-state index contributed by atoms with van der Waals surface area (Å²) in [6.07, 6.45) is 0. The summed E-state index contributed by atoms with van der Waals surface area (Å²) >= 11 is 0. The molecule has 4 nitrogen and oxygen atoms in total. The van der Waals surface area contributed by atoms with Crippen molar-refractivity contribution in [3.63, 3.8) is 0 Å². The largest absolute Gasteiger partial charge is 0.508 e. The standard InChI is InChI=1S/C19H15NO3/c1-11-7-8-14-13(9-11)16(17-15(21)10-23-19(17)22)18(20-14)12-5-3-2-4-6-12/h2-9,20-21H,10H2,1H3. The lowest BCUT2D eigenvalue weighted by molar-refractivity contribution is -0.134. The summed E-state index contributed by atoms with van der Waals surface area (Å²) in [5.41, 5.74) is 4.73. The van der Waals surface area contributed by atoms with E-state index in [1.165, 1.54) is 0 Å². The second kappa shape index (κ2) is 5.02. The minimum Gasteiger partial charge on any atom is -0.508 e. The van der Waals surface area contributed by atoms with Gasteiger partial charge in [0.2, 0.25) is 0 Å². The van der Waals surface area contributed by atoms with Crippen LogP contribution in [-0.2, 0) is 9.53 Å². The van der Waals surface area contributed by atoms with Gasteiger partial charge in [0.05, 0.1) is 5.69 Å². The van der Waals surface area contributed by atoms with Crippen molar-refractivity contribution in [3.8, 4) is 11.3 Å². The molecule has 114 valence electrons. The maximum Gasteiger partial charge on any atom is 0.342 e. The lowest BCUT2D eigenvalue weighted by Gasteiger charge is -2.05. The van der Waals surface area contributed by atoms with Crippen molar-refractivity contribution >= 4 is 22.4 Å². The van der Waals surface area contributed by atoms with Gasteiger partial charge in [-0.05, 0) is 24.6 Å². The Morgan fingerprint density at radius 3 is 2.61 bits per heavy atom. The Morgan fingerprint density at radius 2 is 1.91 bits per heavy atom. The summed E-state index contributed by atoms with van der Waals surface area (Å²) in [6.45, 7) is 1.93. The molecule has 0 saturated carbocycles. The average Bonchev–Trinajstić information content (AvgIpc) is 3.08. The molecule has 2 N–H and O–H groups in total. The second-order valence-electron chi connectivity index (χ2n) is 5.69. The van der Waals surface area contributed by atoms with Gasteiger partial charge in [-0.15, -0.1) is 0 Å². The molecule has 4 heteroatoms. The fourth-order valence-corrected chi connectivity index (χ4v) is 3.03. The number of fused-ring (bicyclic) bond motifs is 1. The van der Waals surface area contributed by atoms with Crippen LogP contribution in [0.1, 0.15) is 11.1 Å². The summed E-state index contributed by atoms with van der Waals surface area (Å²) in [6, 6.07) is 15.8. The highest BCUT2D eigenvalue weighted by atomic mass is 16.5. The lowest BCUT2D eigenvalue weighted by Crippen LogP contribution is -1.99. The van der Waals surface area contributed by atoms with Crippen LogP contribution in [0.2, 0.25) is 0 Å². The third kappa shape index (κ3) is 2.11. The minimum absolute atomic E-state index is 0.0189. The number of aliphatic hydroxyl groups is 1. The highest BCUT2D eigenvalue weighted by Gasteiger charge is 2.31. The van der Waals surface area contributed by atoms with Crippen LogP contribution in [0.4, 0.5) is 0 Å². The molecule has 0 unspecified atom stereocenters. The van der Waals surface area contributed by atoms with Gasteiger partial charge >= 0.3 is 5.97 Å². The maximum atomic E-state index is 12.1. The zero-order valence-electron chi connectivity index (χ0n) is 12.6. The van der Waals surface area contributed by atoms with E-state index in [0.717, 1.165) is 27.7 Å². The van der Waals surface area contributed by atoms with E-state index in [9.17, 15) is 9.90 Å². The van der Waals surface area contributed by atoms with E-state index in [1.54, 1.807) is 0 Å². The number of aromatic amines is 1. The Morgan fingerprint density at radius 1 is 1.13 bits per heavy atom. The molecule has 0 amide bonds. The van der Waals surface area contributed by atoms with Crippen LogP contribution in [-0.4, -0.2) is 22.7 Å². The van der Waals surface area contributed by atoms with Gasteiger partial charge < -0.3 is 14.8 Å². The van der Waals surface area contributed by atoms with E-state index in [2.05, 4.69) is 4.98 Å². The minimum atomic E-state index is -0.484. The molecule has 0 spiro atoms. The Bertz CT molecular complexity index is 951. The average molecular weight is 305 g/mol. The first-order valence-electron chi connectivity index (χ1n) is 7.42. The molecule has 4 rings (SSSR count). The van der Waals surface area contributed by atoms with Crippen LogP contribution in [0.3, 0.4) is 0 Å². The number of rotatable bonds is 2. The number of carbonyl (C=O) groups is 1. The number of hydrogen-bond acceptors (Lipinski definition) is 3. The number of ether oxygens (including phenoxy) is 1. The van der Waals surface area contributed by atoms with Gasteiger partial charge in [0, 0.05) is 16.5 Å². The highest BCUT2D eigenvalue weighted by Crippen LogP contribution is 2.38. The Kier molecular flexibility index (Phi) is 2.98. The molecule has 2 aromatic carbocycles. The van der Waals surface area contributed by atoms with Crippen molar-refractivity contribution in [1.29, 1.82) is 0 Å². The van der Waals surface area contributed by atoms with Crippen LogP contribution >= 0.6 is 0 Å². The van der Waals surface area contributed by atoms with Crippen LogP contribution in [0.25, 0.3) is 27.7 Å². The number of aryl methyl sites for hydroxylation is 1. The molecule has 0 fully saturated rings. The number of aliphatic hydroxyl groups excluding tert-OH is 1. The SMILES string of the molecule is Cc1ccc2[nH]c(-c3ccccc3)c(C3=C(O)COC3=O)c2c1. The van der Waals surface area contributed by atoms with Crippen molar-refractivity contribution in [3.05, 3.63) is 65.4 Å². The first-order valence-corrected chi connectivity index (χ1v) is 7.42. The topological polar surface area (TPSA) is 62.3 Å². The molecule has 0 bridgehead atoms. The predicted octanol–water partition coefficient (Wildman–Crippen LogP) is 3.97. The number of aromatic nitrogens is 1. The van der Waals surface area contributed by atoms with E-state index in [0.29, 0.717) is 5.56 Å². The zero-order valence-corrected chi connectivity index (χ0v) is 12.6. The molecule has 1 aromatic heterocycles. The number of carbonyl (C=O) groups excluding carboxylic acids is 1. The zero-order chi connectivity index (χ0) is 16.0. The molecular weight excluding hydrogens is 290 g/mol. The first kappa shape index (κ1) is 13.6. The molecule has 3 aromatic rings. The number of H-pyrrole nitrogens is 1. The smallest absolute Gasteiger partial charge is 0.342 e. The summed E-state index contributed by atoms with van der Waals surface area (Å²) < 4.78 is 4.99. The number of nitrogens with one attached hydrogen (secondary N) is 1. The predicted molar refractivity (Wildman–Crippen MR) is 89.0 cm³/mol. The van der Waals surface area contributed by atoms with Crippen molar-refractivity contribution in [2.75, 3.05) is 6.61 Å². The van der Waals surface area contributed by atoms with Gasteiger partial charge in [-0.3, -0.25) is 0 Å². The van der Waals surface area contributed by atoms with Gasteiger partial charge in [0.15, 0.2) is 0 Å². The van der Waals surface area contributed by atoms with Crippen LogP contribution in [0.15, 0.2) is 54.3 Å². The summed E-state index contributed by atoms with van der Waals surface area (Å²) in [5.74, 6) is -0.503. The van der Waals surface area contributed by atoms with Crippen molar-refractivity contribution in [1.82, 2.24) is 4.98 Å². The molecule has 2 heterocycles. The Balaban J connectivity index is 2.09. The van der Waals surface area contributed by atoms with E-state index >= 15 is 0 Å². The summed E-state index contributed by atoms with van der Waals surface area (Å²) in [4.78, 5) is 15.5. The monoisotopic (exact) mass is 305 g/mol. The summed E-state index contributed by atoms with van der Waals surface area (Å²) in [5, 5.41) is 11.1. The first-order chi connectivity index (χ1) is 11.1. The summed E-state index contributed by atoms with van der Waals surface area (Å²) in [7, 11) is 0. The normalized spacial score (nSPS) is 14.6. The molecule has 0 saturated heterocycles. The molecule has 0 radical (unpaired) electrons. The third-order valence-corrected chi connectivity index (χ3v) is 4.10. The van der Waals surface area contributed by atoms with Gasteiger partial charge in [0.25, 0.3) is 0 Å². The maximum absolute atomic E-state index is 12.1. The van der Waals surface area contributed by atoms with Crippen molar-refractivity contribution in [2.45, 2.75) is 6.92 Å². The fourth-order valence-electron chi connectivity index (χ4n) is 3.03. The molecule has 0 aliphatic carbocycles. The van der Waals surface area contributed by atoms with Gasteiger partial charge in [-0.1, -0.05) is 42.0 Å². The Labute approximate surface area is 133 Å². The third-order valence-electron chi connectivity index (χ3n) is 4.10. The van der Waals surface area contributed by atoms with Gasteiger partial charge in [-0.25, -0.2) is 4.79 Å². The Hall–Kier alpha value is -3.01.